The van der Waals surface area contributed by atoms with Crippen molar-refractivity contribution in [3.63, 3.8) is 0 Å². The summed E-state index contributed by atoms with van der Waals surface area (Å²) in [6.07, 6.45) is 6.84. The van der Waals surface area contributed by atoms with Crippen molar-refractivity contribution >= 4 is 42.3 Å². The molecule has 0 atom stereocenters. The maximum absolute atomic E-state index is 5.37. The van der Waals surface area contributed by atoms with E-state index in [1.165, 1.54) is 85.3 Å². The number of rotatable bonds is 4. The normalized spacial score (nSPS) is 22.8. The first kappa shape index (κ1) is 32.2. The molecule has 0 aliphatic heterocycles. The lowest BCUT2D eigenvalue weighted by Crippen LogP contribution is -2.55. The lowest BCUT2D eigenvalue weighted by atomic mass is 9.43. The summed E-state index contributed by atoms with van der Waals surface area (Å²) in [6.45, 7) is 0. The van der Waals surface area contributed by atoms with E-state index in [0.29, 0.717) is 23.5 Å². The molecule has 4 fully saturated rings. The van der Waals surface area contributed by atoms with E-state index in [1.54, 1.807) is 5.56 Å². The largest absolute Gasteiger partial charge is 0.208 e. The monoisotopic (exact) mass is 749 g/mol. The van der Waals surface area contributed by atoms with Crippen LogP contribution in [-0.2, 0) is 5.41 Å². The number of benzene rings is 7. The molecule has 0 saturated heterocycles. The van der Waals surface area contributed by atoms with Gasteiger partial charge in [0.15, 0.2) is 17.5 Å². The molecule has 0 N–H and O–H groups in total. The third-order valence-corrected chi connectivity index (χ3v) is 15.4. The molecule has 9 aromatic rings. The third kappa shape index (κ3) is 4.62. The smallest absolute Gasteiger partial charge is 0.164 e. The van der Waals surface area contributed by atoms with Crippen LogP contribution in [-0.4, -0.2) is 15.0 Å². The van der Waals surface area contributed by atoms with Gasteiger partial charge in [0.1, 0.15) is 0 Å². The van der Waals surface area contributed by atoms with Crippen LogP contribution in [0.5, 0.6) is 0 Å². The van der Waals surface area contributed by atoms with E-state index in [4.69, 9.17) is 15.0 Å². The zero-order valence-electron chi connectivity index (χ0n) is 31.5. The maximum atomic E-state index is 5.37. The van der Waals surface area contributed by atoms with Crippen LogP contribution in [0.25, 0.3) is 87.4 Å². The van der Waals surface area contributed by atoms with Crippen molar-refractivity contribution in [3.05, 3.63) is 163 Å². The standard InChI is InChI=1S/C53H39N3S/c1-2-11-34(12-3-1)50-54-51(36-14-8-13-35(29-36)41-17-9-19-47-49(41)43-16-6-7-18-46(43)57-47)56-52(55-50)37-20-22-42-45(30-37)53(38-25-31-24-32(27-38)28-39(53)26-31)44-23-21-33-10-4-5-15-40(33)48(42)44/h1-23,29-32,38-39H,24-28H2. The van der Waals surface area contributed by atoms with Crippen molar-refractivity contribution in [1.29, 1.82) is 0 Å². The fourth-order valence-corrected chi connectivity index (χ4v) is 13.4. The Kier molecular flexibility index (Phi) is 6.78. The second-order valence-corrected chi connectivity index (χ2v) is 18.3. The summed E-state index contributed by atoms with van der Waals surface area (Å²) >= 11 is 1.86. The first-order valence-corrected chi connectivity index (χ1v) is 21.5. The van der Waals surface area contributed by atoms with Gasteiger partial charge in [0.25, 0.3) is 0 Å². The average Bonchev–Trinajstić information content (AvgIpc) is 3.79. The van der Waals surface area contributed by atoms with Gasteiger partial charge >= 0.3 is 0 Å². The van der Waals surface area contributed by atoms with E-state index >= 15 is 0 Å². The molecule has 2 aromatic heterocycles. The number of thiophene rings is 1. The van der Waals surface area contributed by atoms with Gasteiger partial charge in [-0.3, -0.25) is 0 Å². The van der Waals surface area contributed by atoms with Crippen molar-refractivity contribution < 1.29 is 0 Å². The number of nitrogens with zero attached hydrogens (tertiary/aromatic N) is 3. The van der Waals surface area contributed by atoms with Gasteiger partial charge in [-0.15, -0.1) is 11.3 Å². The average molecular weight is 750 g/mol. The molecule has 4 bridgehead atoms. The molecule has 4 heteroatoms. The van der Waals surface area contributed by atoms with Crippen LogP contribution in [0.4, 0.5) is 0 Å². The summed E-state index contributed by atoms with van der Waals surface area (Å²) in [5.74, 6) is 5.24. The topological polar surface area (TPSA) is 38.7 Å². The third-order valence-electron chi connectivity index (χ3n) is 14.3. The molecular formula is C53H39N3S. The minimum Gasteiger partial charge on any atom is -0.208 e. The van der Waals surface area contributed by atoms with Gasteiger partial charge in [0.2, 0.25) is 0 Å². The molecule has 5 aliphatic rings. The molecule has 3 nitrogen and oxygen atoms in total. The molecule has 0 amide bonds. The van der Waals surface area contributed by atoms with E-state index in [1.807, 2.05) is 11.3 Å². The Bertz CT molecular complexity index is 3080. The summed E-state index contributed by atoms with van der Waals surface area (Å²) in [4.78, 5) is 15.8. The molecule has 57 heavy (non-hydrogen) atoms. The molecule has 7 aromatic carbocycles. The highest BCUT2D eigenvalue weighted by molar-refractivity contribution is 7.25. The van der Waals surface area contributed by atoms with E-state index in [-0.39, 0.29) is 5.41 Å². The summed E-state index contributed by atoms with van der Waals surface area (Å²) in [6, 6.07) is 55.7. The summed E-state index contributed by atoms with van der Waals surface area (Å²) < 4.78 is 2.61. The van der Waals surface area contributed by atoms with Crippen molar-refractivity contribution in [2.75, 3.05) is 0 Å². The maximum Gasteiger partial charge on any atom is 0.164 e. The lowest BCUT2D eigenvalue weighted by Gasteiger charge is -2.61. The van der Waals surface area contributed by atoms with Crippen molar-refractivity contribution in [3.8, 4) is 56.4 Å². The summed E-state index contributed by atoms with van der Waals surface area (Å²) in [5, 5.41) is 5.32. The molecule has 0 radical (unpaired) electrons. The molecule has 14 rings (SSSR count). The van der Waals surface area contributed by atoms with Gasteiger partial charge in [-0.1, -0.05) is 127 Å². The molecular weight excluding hydrogens is 711 g/mol. The Balaban J connectivity index is 1.00. The van der Waals surface area contributed by atoms with Gasteiger partial charge in [-0.05, 0) is 124 Å². The lowest BCUT2D eigenvalue weighted by molar-refractivity contribution is -0.0399. The minimum absolute atomic E-state index is 0.0391. The number of hydrogen-bond acceptors (Lipinski definition) is 4. The van der Waals surface area contributed by atoms with Crippen LogP contribution in [0.2, 0.25) is 0 Å². The van der Waals surface area contributed by atoms with Gasteiger partial charge in [0, 0.05) is 42.3 Å². The number of hydrogen-bond donors (Lipinski definition) is 0. The van der Waals surface area contributed by atoms with Gasteiger partial charge < -0.3 is 0 Å². The van der Waals surface area contributed by atoms with Crippen LogP contribution in [0, 0.1) is 23.7 Å². The fourth-order valence-electron chi connectivity index (χ4n) is 12.3. The Morgan fingerprint density at radius 3 is 1.88 bits per heavy atom. The fraction of sp³-hybridized carbons (Fsp3) is 0.189. The van der Waals surface area contributed by atoms with Gasteiger partial charge in [-0.2, -0.15) is 0 Å². The molecule has 5 aliphatic carbocycles. The quantitative estimate of drug-likeness (QED) is 0.180. The highest BCUT2D eigenvalue weighted by Gasteiger charge is 2.61. The van der Waals surface area contributed by atoms with Crippen LogP contribution in [0.15, 0.2) is 152 Å². The van der Waals surface area contributed by atoms with E-state index in [0.717, 1.165) is 39.9 Å². The second-order valence-electron chi connectivity index (χ2n) is 17.2. The van der Waals surface area contributed by atoms with Crippen LogP contribution < -0.4 is 0 Å². The van der Waals surface area contributed by atoms with E-state index in [2.05, 4.69) is 152 Å². The molecule has 4 saturated carbocycles. The van der Waals surface area contributed by atoms with Crippen LogP contribution in [0.3, 0.4) is 0 Å². The minimum atomic E-state index is 0.0391. The molecule has 2 heterocycles. The first-order chi connectivity index (χ1) is 28.2. The van der Waals surface area contributed by atoms with E-state index in [9.17, 15) is 0 Å². The Labute approximate surface area is 336 Å². The van der Waals surface area contributed by atoms with Crippen LogP contribution >= 0.6 is 11.3 Å². The predicted molar refractivity (Wildman–Crippen MR) is 235 cm³/mol. The van der Waals surface area contributed by atoms with E-state index < -0.39 is 0 Å². The summed E-state index contributed by atoms with van der Waals surface area (Å²) in [5.41, 5.74) is 11.5. The Morgan fingerprint density at radius 2 is 1.07 bits per heavy atom. The van der Waals surface area contributed by atoms with Gasteiger partial charge in [-0.25, -0.2) is 15.0 Å². The number of fused-ring (bicyclic) bond motifs is 8. The van der Waals surface area contributed by atoms with Crippen molar-refractivity contribution in [2.45, 2.75) is 37.5 Å². The molecule has 1 spiro atoms. The Hall–Kier alpha value is -5.97. The second kappa shape index (κ2) is 12.0. The highest BCUT2D eigenvalue weighted by atomic mass is 32.1. The predicted octanol–water partition coefficient (Wildman–Crippen LogP) is 13.8. The molecule has 272 valence electrons. The zero-order valence-corrected chi connectivity index (χ0v) is 32.3. The van der Waals surface area contributed by atoms with Crippen LogP contribution in [0.1, 0.15) is 43.2 Å². The first-order valence-electron chi connectivity index (χ1n) is 20.7. The van der Waals surface area contributed by atoms with Crippen molar-refractivity contribution in [1.82, 2.24) is 15.0 Å². The Morgan fingerprint density at radius 1 is 0.439 bits per heavy atom. The van der Waals surface area contributed by atoms with Crippen molar-refractivity contribution in [2.24, 2.45) is 23.7 Å². The number of aromatic nitrogens is 3. The SMILES string of the molecule is c1ccc(-c2nc(-c3cccc(-c4cccc5sc6ccccc6c45)c3)nc(-c3ccc4c(c3)C3(c5ccc6ccccc6c5-4)C4CC5CC(C4)CC3C5)n2)cc1. The van der Waals surface area contributed by atoms with Gasteiger partial charge in [0.05, 0.1) is 0 Å². The summed E-state index contributed by atoms with van der Waals surface area (Å²) in [7, 11) is 0. The molecule has 0 unspecified atom stereocenters. The highest BCUT2D eigenvalue weighted by Crippen LogP contribution is 2.70. The zero-order chi connectivity index (χ0) is 37.2.